The second kappa shape index (κ2) is 3.09. The van der Waals surface area contributed by atoms with Crippen molar-refractivity contribution in [3.63, 3.8) is 0 Å². The second-order valence-corrected chi connectivity index (χ2v) is 3.89. The summed E-state index contributed by atoms with van der Waals surface area (Å²) in [5, 5.41) is 2.72. The van der Waals surface area contributed by atoms with Crippen molar-refractivity contribution >= 4 is 22.9 Å². The monoisotopic (exact) mass is 192 g/mol. The average molecular weight is 192 g/mol. The fourth-order valence-electron chi connectivity index (χ4n) is 2.33. The van der Waals surface area contributed by atoms with E-state index in [1.54, 1.807) is 0 Å². The van der Waals surface area contributed by atoms with Crippen molar-refractivity contribution in [1.29, 1.82) is 0 Å². The lowest BCUT2D eigenvalue weighted by molar-refractivity contribution is 1.29. The van der Waals surface area contributed by atoms with Crippen molar-refractivity contribution in [2.45, 2.75) is 6.42 Å². The van der Waals surface area contributed by atoms with Gasteiger partial charge in [0.2, 0.25) is 0 Å². The smallest absolute Gasteiger partial charge is 0.00703 e. The number of rotatable bonds is 1. The highest BCUT2D eigenvalue weighted by molar-refractivity contribution is 5.99. The fourth-order valence-corrected chi connectivity index (χ4v) is 2.33. The molecule has 0 saturated carbocycles. The average Bonchev–Trinajstić information content (AvgIpc) is 2.30. The molecule has 1 aliphatic carbocycles. The molecule has 0 fully saturated rings. The van der Waals surface area contributed by atoms with E-state index in [-0.39, 0.29) is 0 Å². The predicted octanol–water partition coefficient (Wildman–Crippen LogP) is 4.05. The van der Waals surface area contributed by atoms with Crippen molar-refractivity contribution in [3.8, 4) is 0 Å². The first-order valence-corrected chi connectivity index (χ1v) is 5.24. The quantitative estimate of drug-likeness (QED) is 0.639. The normalized spacial score (nSPS) is 13.1. The van der Waals surface area contributed by atoms with Gasteiger partial charge in [0.1, 0.15) is 0 Å². The summed E-state index contributed by atoms with van der Waals surface area (Å²) in [5.74, 6) is 0. The zero-order valence-corrected chi connectivity index (χ0v) is 8.53. The van der Waals surface area contributed by atoms with Gasteiger partial charge in [-0.3, -0.25) is 0 Å². The molecular weight excluding hydrogens is 180 g/mol. The van der Waals surface area contributed by atoms with Crippen LogP contribution in [-0.2, 0) is 6.42 Å². The van der Waals surface area contributed by atoms with E-state index in [1.807, 2.05) is 6.08 Å². The van der Waals surface area contributed by atoms with Crippen LogP contribution in [0.2, 0.25) is 0 Å². The molecule has 0 N–H and O–H groups in total. The van der Waals surface area contributed by atoms with Crippen LogP contribution in [0.1, 0.15) is 16.7 Å². The Labute approximate surface area is 89.6 Å². The van der Waals surface area contributed by atoms with Gasteiger partial charge < -0.3 is 0 Å². The zero-order chi connectivity index (χ0) is 10.3. The van der Waals surface area contributed by atoms with Crippen LogP contribution in [-0.4, -0.2) is 0 Å². The molecule has 0 saturated heterocycles. The van der Waals surface area contributed by atoms with Gasteiger partial charge in [-0.2, -0.15) is 0 Å². The third-order valence-corrected chi connectivity index (χ3v) is 3.05. The lowest BCUT2D eigenvalue weighted by Gasteiger charge is -2.14. The Balaban J connectivity index is 2.53. The molecular formula is C15H12. The van der Waals surface area contributed by atoms with Crippen LogP contribution in [0.25, 0.3) is 22.9 Å². The summed E-state index contributed by atoms with van der Waals surface area (Å²) in [6, 6.07) is 10.8. The van der Waals surface area contributed by atoms with Crippen LogP contribution in [0.5, 0.6) is 0 Å². The van der Waals surface area contributed by atoms with Gasteiger partial charge in [-0.05, 0) is 33.9 Å². The van der Waals surface area contributed by atoms with Crippen LogP contribution in [0, 0.1) is 0 Å². The van der Waals surface area contributed by atoms with E-state index in [0.717, 1.165) is 6.42 Å². The van der Waals surface area contributed by atoms with Crippen molar-refractivity contribution in [1.82, 2.24) is 0 Å². The summed E-state index contributed by atoms with van der Waals surface area (Å²) < 4.78 is 0. The van der Waals surface area contributed by atoms with E-state index in [1.165, 1.54) is 27.5 Å². The molecule has 0 radical (unpaired) electrons. The van der Waals surface area contributed by atoms with Crippen molar-refractivity contribution in [2.75, 3.05) is 0 Å². The number of hydrogen-bond acceptors (Lipinski definition) is 0. The number of benzene rings is 2. The minimum atomic E-state index is 1.05. The Morgan fingerprint density at radius 1 is 1.13 bits per heavy atom. The minimum absolute atomic E-state index is 1.05. The molecule has 2 aromatic rings. The Bertz CT molecular complexity index is 574. The third-order valence-electron chi connectivity index (χ3n) is 3.05. The van der Waals surface area contributed by atoms with E-state index in [2.05, 4.69) is 49.1 Å². The molecule has 15 heavy (non-hydrogen) atoms. The lowest BCUT2D eigenvalue weighted by Crippen LogP contribution is -1.93. The highest BCUT2D eigenvalue weighted by Gasteiger charge is 2.09. The predicted molar refractivity (Wildman–Crippen MR) is 66.8 cm³/mol. The van der Waals surface area contributed by atoms with Crippen LogP contribution < -0.4 is 0 Å². The maximum Gasteiger partial charge on any atom is -0.00703 e. The molecule has 0 atom stereocenters. The third kappa shape index (κ3) is 1.15. The zero-order valence-electron chi connectivity index (χ0n) is 8.53. The number of hydrogen-bond donors (Lipinski definition) is 0. The van der Waals surface area contributed by atoms with Crippen LogP contribution in [0.15, 0.2) is 43.0 Å². The van der Waals surface area contributed by atoms with Gasteiger partial charge in [0, 0.05) is 0 Å². The van der Waals surface area contributed by atoms with Gasteiger partial charge in [0.15, 0.2) is 0 Å². The first kappa shape index (κ1) is 8.49. The highest BCUT2D eigenvalue weighted by atomic mass is 14.1. The van der Waals surface area contributed by atoms with E-state index < -0.39 is 0 Å². The van der Waals surface area contributed by atoms with Crippen LogP contribution >= 0.6 is 0 Å². The second-order valence-electron chi connectivity index (χ2n) is 3.89. The molecule has 0 aromatic heterocycles. The topological polar surface area (TPSA) is 0 Å². The van der Waals surface area contributed by atoms with Gasteiger partial charge >= 0.3 is 0 Å². The number of allylic oxidation sites excluding steroid dienone is 1. The first-order chi connectivity index (χ1) is 7.40. The SMILES string of the molecule is C=Cc1ccc2c3c(cccc13)CC=C2. The van der Waals surface area contributed by atoms with Gasteiger partial charge in [0.05, 0.1) is 0 Å². The Hall–Kier alpha value is -1.82. The molecule has 0 aliphatic heterocycles. The summed E-state index contributed by atoms with van der Waals surface area (Å²) >= 11 is 0. The van der Waals surface area contributed by atoms with Crippen molar-refractivity contribution in [2.24, 2.45) is 0 Å². The summed E-state index contributed by atoms with van der Waals surface area (Å²) in [5.41, 5.74) is 3.98. The molecule has 2 aromatic carbocycles. The van der Waals surface area contributed by atoms with E-state index in [4.69, 9.17) is 0 Å². The minimum Gasteiger partial charge on any atom is -0.0984 e. The summed E-state index contributed by atoms with van der Waals surface area (Å²) in [6.07, 6.45) is 7.42. The molecule has 72 valence electrons. The fraction of sp³-hybridized carbons (Fsp3) is 0.0667. The van der Waals surface area contributed by atoms with E-state index in [0.29, 0.717) is 0 Å². The lowest BCUT2D eigenvalue weighted by atomic mass is 9.91. The molecule has 3 rings (SSSR count). The molecule has 0 spiro atoms. The van der Waals surface area contributed by atoms with Crippen LogP contribution in [0.3, 0.4) is 0 Å². The Morgan fingerprint density at radius 2 is 2.07 bits per heavy atom. The summed E-state index contributed by atoms with van der Waals surface area (Å²) in [7, 11) is 0. The maximum atomic E-state index is 3.87. The maximum absolute atomic E-state index is 3.87. The molecule has 0 amide bonds. The Kier molecular flexibility index (Phi) is 1.75. The summed E-state index contributed by atoms with van der Waals surface area (Å²) in [4.78, 5) is 0. The highest BCUT2D eigenvalue weighted by Crippen LogP contribution is 2.30. The Morgan fingerprint density at radius 3 is 2.93 bits per heavy atom. The summed E-state index contributed by atoms with van der Waals surface area (Å²) in [6.45, 7) is 3.87. The van der Waals surface area contributed by atoms with Gasteiger partial charge in [0.25, 0.3) is 0 Å². The van der Waals surface area contributed by atoms with Crippen molar-refractivity contribution < 1.29 is 0 Å². The van der Waals surface area contributed by atoms with Crippen molar-refractivity contribution in [3.05, 3.63) is 59.7 Å². The largest absolute Gasteiger partial charge is 0.0984 e. The van der Waals surface area contributed by atoms with E-state index >= 15 is 0 Å². The molecule has 0 unspecified atom stereocenters. The van der Waals surface area contributed by atoms with Gasteiger partial charge in [-0.15, -0.1) is 0 Å². The van der Waals surface area contributed by atoms with Gasteiger partial charge in [-0.25, -0.2) is 0 Å². The molecule has 0 heteroatoms. The molecule has 0 nitrogen and oxygen atoms in total. The van der Waals surface area contributed by atoms with Gasteiger partial charge in [-0.1, -0.05) is 55.1 Å². The first-order valence-electron chi connectivity index (χ1n) is 5.24. The van der Waals surface area contributed by atoms with E-state index in [9.17, 15) is 0 Å². The standard InChI is InChI=1S/C15H12/c1-2-11-9-10-13-6-3-5-12-7-4-8-14(11)15(12)13/h2-4,6-10H,1,5H2. The molecule has 1 aliphatic rings. The molecule has 0 bridgehead atoms. The van der Waals surface area contributed by atoms with Crippen LogP contribution in [0.4, 0.5) is 0 Å². The molecule has 0 heterocycles.